The summed E-state index contributed by atoms with van der Waals surface area (Å²) in [6.07, 6.45) is 2.02. The monoisotopic (exact) mass is 454 g/mol. The smallest absolute Gasteiger partial charge is 0.261 e. The molecule has 0 radical (unpaired) electrons. The molecule has 0 bridgehead atoms. The third-order valence-electron chi connectivity index (χ3n) is 5.02. The molecule has 0 saturated heterocycles. The first-order valence-electron chi connectivity index (χ1n) is 10.3. The van der Waals surface area contributed by atoms with Crippen molar-refractivity contribution in [1.29, 1.82) is 0 Å². The molecule has 1 aromatic carbocycles. The van der Waals surface area contributed by atoms with E-state index in [1.807, 2.05) is 30.0 Å². The molecule has 2 aliphatic rings. The first-order chi connectivity index (χ1) is 15.9. The zero-order valence-electron chi connectivity index (χ0n) is 18.6. The van der Waals surface area contributed by atoms with Crippen molar-refractivity contribution in [3.63, 3.8) is 0 Å². The number of aliphatic hydroxyl groups excluding tert-OH is 1. The second kappa shape index (κ2) is 9.38. The van der Waals surface area contributed by atoms with Crippen molar-refractivity contribution in [1.82, 2.24) is 25.1 Å². The molecule has 12 nitrogen and oxygen atoms in total. The van der Waals surface area contributed by atoms with Gasteiger partial charge < -0.3 is 25.2 Å². The summed E-state index contributed by atoms with van der Waals surface area (Å²) in [6.45, 7) is 1.68. The lowest BCUT2D eigenvalue weighted by molar-refractivity contribution is 0.0818. The minimum Gasteiger partial charge on any atom is -0.491 e. The molecule has 3 heterocycles. The number of nitrogen functional groups attached to an aromatic ring is 1. The van der Waals surface area contributed by atoms with Crippen molar-refractivity contribution in [3.05, 3.63) is 35.7 Å². The van der Waals surface area contributed by atoms with E-state index in [2.05, 4.69) is 25.3 Å². The van der Waals surface area contributed by atoms with Crippen LogP contribution < -0.4 is 20.5 Å². The van der Waals surface area contributed by atoms with E-state index < -0.39 is 12.0 Å². The average Bonchev–Trinajstić information content (AvgIpc) is 3.28. The number of aliphatic imine (C=N–C) groups is 2. The van der Waals surface area contributed by atoms with Crippen LogP contribution in [-0.4, -0.2) is 96.1 Å². The Morgan fingerprint density at radius 1 is 1.33 bits per heavy atom. The maximum atomic E-state index is 12.7. The minimum absolute atomic E-state index is 0.0809. The van der Waals surface area contributed by atoms with Crippen LogP contribution in [0.1, 0.15) is 15.9 Å². The van der Waals surface area contributed by atoms with Gasteiger partial charge in [-0.05, 0) is 26.2 Å². The maximum Gasteiger partial charge on any atom is 0.261 e. The summed E-state index contributed by atoms with van der Waals surface area (Å²) < 4.78 is 11.4. The van der Waals surface area contributed by atoms with Crippen molar-refractivity contribution >= 4 is 29.3 Å². The van der Waals surface area contributed by atoms with Crippen molar-refractivity contribution in [2.24, 2.45) is 9.98 Å². The Bertz CT molecular complexity index is 1100. The number of nitrogens with zero attached hydrogens (tertiary/aromatic N) is 6. The van der Waals surface area contributed by atoms with Gasteiger partial charge in [-0.15, -0.1) is 0 Å². The summed E-state index contributed by atoms with van der Waals surface area (Å²) >= 11 is 0. The number of anilines is 1. The number of methoxy groups -OCH3 is 1. The molecular weight excluding hydrogens is 428 g/mol. The van der Waals surface area contributed by atoms with Crippen LogP contribution in [-0.2, 0) is 0 Å². The van der Waals surface area contributed by atoms with Crippen molar-refractivity contribution < 1.29 is 19.4 Å². The molecular formula is C21H26N8O4. The number of carbonyl (C=O) groups is 1. The number of guanidine groups is 1. The van der Waals surface area contributed by atoms with E-state index in [9.17, 15) is 9.90 Å². The number of hydrogen-bond donors (Lipinski definition) is 3. The molecule has 174 valence electrons. The van der Waals surface area contributed by atoms with Crippen molar-refractivity contribution in [2.45, 2.75) is 6.10 Å². The van der Waals surface area contributed by atoms with Gasteiger partial charge in [0.1, 0.15) is 24.2 Å². The number of hydrogen-bond acceptors (Lipinski definition) is 11. The number of likely N-dealkylation sites (N-methyl/N-ethyl adjacent to an activating group) is 1. The van der Waals surface area contributed by atoms with Crippen molar-refractivity contribution in [3.8, 4) is 11.5 Å². The van der Waals surface area contributed by atoms with Gasteiger partial charge in [0.25, 0.3) is 5.91 Å². The summed E-state index contributed by atoms with van der Waals surface area (Å²) in [5.74, 6) is 1.47. The van der Waals surface area contributed by atoms with Gasteiger partial charge >= 0.3 is 0 Å². The normalized spacial score (nSPS) is 15.4. The number of aliphatic hydroxyl groups is 1. The fraction of sp³-hybridized carbons (Fsp3) is 0.381. The molecule has 33 heavy (non-hydrogen) atoms. The first kappa shape index (κ1) is 22.4. The number of nitrogens with two attached hydrogens (primary N) is 1. The fourth-order valence-corrected chi connectivity index (χ4v) is 3.59. The Morgan fingerprint density at radius 2 is 2.09 bits per heavy atom. The zero-order valence-corrected chi connectivity index (χ0v) is 18.6. The highest BCUT2D eigenvalue weighted by molar-refractivity contribution is 6.20. The number of nitrogens with one attached hydrogen (secondary N) is 1. The van der Waals surface area contributed by atoms with Gasteiger partial charge in [0.2, 0.25) is 11.9 Å². The van der Waals surface area contributed by atoms with Gasteiger partial charge in [-0.25, -0.2) is 15.0 Å². The number of amidine groups is 1. The number of carbonyl (C=O) groups excluding carboxylic acids is 1. The molecule has 2 aliphatic heterocycles. The van der Waals surface area contributed by atoms with Crippen LogP contribution in [0.2, 0.25) is 0 Å². The predicted molar refractivity (Wildman–Crippen MR) is 122 cm³/mol. The second-order valence-corrected chi connectivity index (χ2v) is 7.80. The third-order valence-corrected chi connectivity index (χ3v) is 5.02. The molecule has 0 unspecified atom stereocenters. The maximum absolute atomic E-state index is 12.7. The number of benzene rings is 1. The Labute approximate surface area is 190 Å². The minimum atomic E-state index is -0.670. The molecule has 0 saturated carbocycles. The summed E-state index contributed by atoms with van der Waals surface area (Å²) in [7, 11) is 5.26. The van der Waals surface area contributed by atoms with E-state index in [1.165, 1.54) is 19.5 Å². The summed E-state index contributed by atoms with van der Waals surface area (Å²) in [5, 5.41) is 12.9. The Balaban J connectivity index is 1.64. The summed E-state index contributed by atoms with van der Waals surface area (Å²) in [4.78, 5) is 33.4. The van der Waals surface area contributed by atoms with Crippen LogP contribution in [0.15, 0.2) is 34.5 Å². The Hall–Kier alpha value is -3.77. The van der Waals surface area contributed by atoms with Gasteiger partial charge in [-0.1, -0.05) is 0 Å². The number of aromatic nitrogens is 2. The Kier molecular flexibility index (Phi) is 6.38. The lowest BCUT2D eigenvalue weighted by atomic mass is 10.1. The van der Waals surface area contributed by atoms with E-state index in [0.717, 1.165) is 5.56 Å². The number of amides is 1. The molecule has 12 heteroatoms. The summed E-state index contributed by atoms with van der Waals surface area (Å²) in [5.41, 5.74) is 6.99. The van der Waals surface area contributed by atoms with E-state index in [-0.39, 0.29) is 18.1 Å². The van der Waals surface area contributed by atoms with Crippen LogP contribution in [0.25, 0.3) is 0 Å². The number of ether oxygens (including phenoxy) is 2. The van der Waals surface area contributed by atoms with Crippen LogP contribution in [0.5, 0.6) is 11.5 Å². The molecule has 1 atom stereocenters. The lowest BCUT2D eigenvalue weighted by Gasteiger charge is -2.28. The SMILES string of the molecule is COc1c(OC[C@H](O)CN(C)C)ccc2c1N=C(NC(=O)c1cnc(N)nc1)N1CCN=C21. The molecule has 2 aromatic rings. The highest BCUT2D eigenvalue weighted by Gasteiger charge is 2.33. The molecule has 1 amide bonds. The fourth-order valence-electron chi connectivity index (χ4n) is 3.59. The highest BCUT2D eigenvalue weighted by Crippen LogP contribution is 2.43. The molecule has 0 spiro atoms. The van der Waals surface area contributed by atoms with Gasteiger partial charge in [-0.2, -0.15) is 0 Å². The van der Waals surface area contributed by atoms with Gasteiger partial charge in [0.05, 0.1) is 19.2 Å². The molecule has 1 aromatic heterocycles. The zero-order chi connectivity index (χ0) is 23.5. The molecule has 4 rings (SSSR count). The first-order valence-corrected chi connectivity index (χ1v) is 10.3. The van der Waals surface area contributed by atoms with E-state index in [0.29, 0.717) is 48.6 Å². The average molecular weight is 454 g/mol. The molecule has 4 N–H and O–H groups in total. The largest absolute Gasteiger partial charge is 0.491 e. The van der Waals surface area contributed by atoms with Crippen LogP contribution in [0.4, 0.5) is 11.6 Å². The van der Waals surface area contributed by atoms with Crippen LogP contribution in [0, 0.1) is 0 Å². The topological polar surface area (TPSA) is 151 Å². The van der Waals surface area contributed by atoms with E-state index in [1.54, 1.807) is 6.07 Å². The molecule has 0 fully saturated rings. The Morgan fingerprint density at radius 3 is 2.79 bits per heavy atom. The second-order valence-electron chi connectivity index (χ2n) is 7.80. The van der Waals surface area contributed by atoms with Gasteiger partial charge in [-0.3, -0.25) is 20.0 Å². The van der Waals surface area contributed by atoms with Gasteiger partial charge in [0.15, 0.2) is 11.5 Å². The predicted octanol–water partition coefficient (Wildman–Crippen LogP) is -0.138. The van der Waals surface area contributed by atoms with E-state index in [4.69, 9.17) is 15.2 Å². The van der Waals surface area contributed by atoms with Crippen LogP contribution in [0.3, 0.4) is 0 Å². The summed E-state index contributed by atoms with van der Waals surface area (Å²) in [6, 6.07) is 3.61. The quantitative estimate of drug-likeness (QED) is 0.519. The van der Waals surface area contributed by atoms with Gasteiger partial charge in [0, 0.05) is 31.0 Å². The van der Waals surface area contributed by atoms with Crippen molar-refractivity contribution in [2.75, 3.05) is 53.2 Å². The van der Waals surface area contributed by atoms with Crippen LogP contribution >= 0.6 is 0 Å². The number of rotatable bonds is 7. The number of fused-ring (bicyclic) bond motifs is 3. The molecule has 0 aliphatic carbocycles. The standard InChI is InChI=1S/C21H26N8O4/c1-28(2)10-13(30)11-33-15-5-4-14-16(17(15)32-3)26-21(29-7-6-23-18(14)29)27-19(31)12-8-24-20(22)25-9-12/h4-5,8-9,13,30H,6-7,10-11H2,1-3H3,(H2,22,24,25)(H,26,27,31)/t13-/m1/s1. The van der Waals surface area contributed by atoms with E-state index >= 15 is 0 Å². The highest BCUT2D eigenvalue weighted by atomic mass is 16.5. The lowest BCUT2D eigenvalue weighted by Crippen LogP contribution is -2.47. The third kappa shape index (κ3) is 4.71.